The van der Waals surface area contributed by atoms with E-state index in [0.717, 1.165) is 24.8 Å². The first kappa shape index (κ1) is 19.9. The molecule has 0 radical (unpaired) electrons. The first-order valence-electron chi connectivity index (χ1n) is 8.66. The molecule has 0 amide bonds. The maximum atomic E-state index is 12.2. The summed E-state index contributed by atoms with van der Waals surface area (Å²) in [5.74, 6) is 0. The summed E-state index contributed by atoms with van der Waals surface area (Å²) in [6.07, 6.45) is 8.93. The minimum atomic E-state index is -3.23. The molecule has 1 aliphatic heterocycles. The second kappa shape index (κ2) is 9.89. The van der Waals surface area contributed by atoms with Gasteiger partial charge < -0.3 is 0 Å². The van der Waals surface area contributed by atoms with Crippen molar-refractivity contribution in [2.45, 2.75) is 70.2 Å². The van der Waals surface area contributed by atoms with Crippen molar-refractivity contribution >= 4 is 10.0 Å². The molecule has 0 bridgehead atoms. The Morgan fingerprint density at radius 2 is 1.78 bits per heavy atom. The van der Waals surface area contributed by atoms with E-state index in [1.807, 2.05) is 25.1 Å². The molecule has 2 atom stereocenters. The van der Waals surface area contributed by atoms with Crippen LogP contribution in [0.2, 0.25) is 0 Å². The molecule has 2 rings (SSSR count). The molecule has 1 fully saturated rings. The van der Waals surface area contributed by atoms with Gasteiger partial charge in [0.1, 0.15) is 0 Å². The Kier molecular flexibility index (Phi) is 8.56. The summed E-state index contributed by atoms with van der Waals surface area (Å²) < 4.78 is 26.0. The van der Waals surface area contributed by atoms with Gasteiger partial charge in [0.25, 0.3) is 0 Å². The molecule has 0 N–H and O–H groups in total. The van der Waals surface area contributed by atoms with E-state index in [4.69, 9.17) is 0 Å². The van der Waals surface area contributed by atoms with Crippen LogP contribution >= 0.6 is 0 Å². The number of nitrogens with zero attached hydrogens (tertiary/aromatic N) is 1. The van der Waals surface area contributed by atoms with E-state index in [1.165, 1.54) is 19.3 Å². The van der Waals surface area contributed by atoms with Crippen LogP contribution in [-0.4, -0.2) is 25.3 Å². The average Bonchev–Trinajstić information content (AvgIpc) is 3.32. The standard InChI is InChI=1S/C13H19NO2S.C6H12/c1-3-4-5-12-10-14(12)17(15,16)13-8-6-11(2)7-9-13;1-3-5-6-4-2/h6-9,12H,3-5,10H2,1-2H3;3H,1,4-6H2,2H3. The third kappa shape index (κ3) is 6.48. The molecule has 1 aliphatic rings. The Bertz CT molecular complexity index is 564. The van der Waals surface area contributed by atoms with Gasteiger partial charge in [0, 0.05) is 12.6 Å². The van der Waals surface area contributed by atoms with Gasteiger partial charge in [-0.1, -0.05) is 63.3 Å². The zero-order valence-corrected chi connectivity index (χ0v) is 15.6. The Hall–Kier alpha value is -1.13. The number of allylic oxidation sites excluding steroid dienone is 1. The molecule has 2 unspecified atom stereocenters. The monoisotopic (exact) mass is 337 g/mol. The summed E-state index contributed by atoms with van der Waals surface area (Å²) in [6.45, 7) is 10.6. The van der Waals surface area contributed by atoms with E-state index in [9.17, 15) is 8.42 Å². The molecule has 0 spiro atoms. The van der Waals surface area contributed by atoms with Crippen molar-refractivity contribution in [3.05, 3.63) is 42.5 Å². The Morgan fingerprint density at radius 1 is 1.17 bits per heavy atom. The van der Waals surface area contributed by atoms with Crippen molar-refractivity contribution in [3.63, 3.8) is 0 Å². The molecule has 1 heterocycles. The molecule has 1 aromatic rings. The van der Waals surface area contributed by atoms with E-state index in [-0.39, 0.29) is 6.04 Å². The van der Waals surface area contributed by atoms with Crippen LogP contribution < -0.4 is 0 Å². The van der Waals surface area contributed by atoms with E-state index >= 15 is 0 Å². The molecule has 1 aromatic carbocycles. The summed E-state index contributed by atoms with van der Waals surface area (Å²) >= 11 is 0. The highest BCUT2D eigenvalue weighted by Crippen LogP contribution is 2.31. The second-order valence-corrected chi connectivity index (χ2v) is 8.01. The number of hydrogen-bond donors (Lipinski definition) is 0. The summed E-state index contributed by atoms with van der Waals surface area (Å²) in [5.41, 5.74) is 1.08. The first-order chi connectivity index (χ1) is 11.0. The molecule has 0 aromatic heterocycles. The van der Waals surface area contributed by atoms with Gasteiger partial charge in [0.2, 0.25) is 10.0 Å². The fourth-order valence-corrected chi connectivity index (χ4v) is 3.94. The maximum Gasteiger partial charge on any atom is 0.243 e. The van der Waals surface area contributed by atoms with Crippen LogP contribution in [0.3, 0.4) is 0 Å². The van der Waals surface area contributed by atoms with Gasteiger partial charge in [-0.2, -0.15) is 4.31 Å². The van der Waals surface area contributed by atoms with Gasteiger partial charge in [-0.05, 0) is 31.9 Å². The predicted molar refractivity (Wildman–Crippen MR) is 98.1 cm³/mol. The predicted octanol–water partition coefficient (Wildman–Crippen LogP) is 4.92. The summed E-state index contributed by atoms with van der Waals surface area (Å²) in [4.78, 5) is 0.419. The zero-order valence-electron chi connectivity index (χ0n) is 14.8. The Morgan fingerprint density at radius 3 is 2.26 bits per heavy atom. The van der Waals surface area contributed by atoms with Crippen molar-refractivity contribution in [2.75, 3.05) is 6.54 Å². The summed E-state index contributed by atoms with van der Waals surface area (Å²) in [7, 11) is -3.23. The van der Waals surface area contributed by atoms with Crippen LogP contribution in [0.15, 0.2) is 41.8 Å². The summed E-state index contributed by atoms with van der Waals surface area (Å²) in [6, 6.07) is 7.32. The third-order valence-electron chi connectivity index (χ3n) is 3.94. The van der Waals surface area contributed by atoms with Crippen LogP contribution in [0, 0.1) is 6.92 Å². The van der Waals surface area contributed by atoms with Crippen molar-refractivity contribution < 1.29 is 8.42 Å². The van der Waals surface area contributed by atoms with E-state index in [2.05, 4.69) is 20.4 Å². The third-order valence-corrected chi connectivity index (χ3v) is 5.88. The quantitative estimate of drug-likeness (QED) is 0.383. The number of benzene rings is 1. The fourth-order valence-electron chi connectivity index (χ4n) is 2.32. The van der Waals surface area contributed by atoms with Gasteiger partial charge in [0.05, 0.1) is 4.90 Å². The molecule has 130 valence electrons. The van der Waals surface area contributed by atoms with Gasteiger partial charge in [-0.3, -0.25) is 0 Å². The van der Waals surface area contributed by atoms with Crippen molar-refractivity contribution in [3.8, 4) is 0 Å². The highest BCUT2D eigenvalue weighted by Gasteiger charge is 2.43. The molecule has 23 heavy (non-hydrogen) atoms. The lowest BCUT2D eigenvalue weighted by Gasteiger charge is -2.06. The normalized spacial score (nSPS) is 19.6. The lowest BCUT2D eigenvalue weighted by molar-refractivity contribution is 0.543. The number of aryl methyl sites for hydroxylation is 1. The minimum Gasteiger partial charge on any atom is -0.207 e. The van der Waals surface area contributed by atoms with E-state index < -0.39 is 10.0 Å². The Balaban J connectivity index is 0.000000379. The van der Waals surface area contributed by atoms with Crippen LogP contribution in [0.4, 0.5) is 0 Å². The van der Waals surface area contributed by atoms with Crippen molar-refractivity contribution in [1.82, 2.24) is 4.31 Å². The zero-order chi connectivity index (χ0) is 17.3. The van der Waals surface area contributed by atoms with Gasteiger partial charge in [-0.15, -0.1) is 6.58 Å². The van der Waals surface area contributed by atoms with Gasteiger partial charge in [-0.25, -0.2) is 8.42 Å². The second-order valence-electron chi connectivity index (χ2n) is 6.11. The topological polar surface area (TPSA) is 37.1 Å². The molecule has 1 saturated heterocycles. The van der Waals surface area contributed by atoms with E-state index in [1.54, 1.807) is 16.4 Å². The first-order valence-corrected chi connectivity index (χ1v) is 10.1. The van der Waals surface area contributed by atoms with E-state index in [0.29, 0.717) is 11.4 Å². The molecule has 3 nitrogen and oxygen atoms in total. The Labute approximate surface area is 142 Å². The van der Waals surface area contributed by atoms with Crippen molar-refractivity contribution in [1.29, 1.82) is 0 Å². The minimum absolute atomic E-state index is 0.237. The van der Waals surface area contributed by atoms with Crippen molar-refractivity contribution in [2.24, 2.45) is 0 Å². The number of hydrogen-bond acceptors (Lipinski definition) is 2. The van der Waals surface area contributed by atoms with Gasteiger partial charge >= 0.3 is 0 Å². The number of rotatable bonds is 8. The highest BCUT2D eigenvalue weighted by molar-refractivity contribution is 7.89. The molecular formula is C19H31NO2S. The largest absolute Gasteiger partial charge is 0.243 e. The molecular weight excluding hydrogens is 306 g/mol. The number of sulfonamides is 1. The average molecular weight is 338 g/mol. The molecule has 0 aliphatic carbocycles. The lowest BCUT2D eigenvalue weighted by atomic mass is 10.2. The smallest absolute Gasteiger partial charge is 0.207 e. The number of unbranched alkanes of at least 4 members (excludes halogenated alkanes) is 3. The van der Waals surface area contributed by atoms with Gasteiger partial charge in [0.15, 0.2) is 0 Å². The van der Waals surface area contributed by atoms with Crippen LogP contribution in [0.1, 0.15) is 57.9 Å². The lowest BCUT2D eigenvalue weighted by Crippen LogP contribution is -2.14. The molecule has 0 saturated carbocycles. The SMILES string of the molecule is C=CCCCC.CCCCC1CN1S(=O)(=O)c1ccc(C)cc1. The van der Waals surface area contributed by atoms with Crippen LogP contribution in [0.25, 0.3) is 0 Å². The van der Waals surface area contributed by atoms with Crippen LogP contribution in [0.5, 0.6) is 0 Å². The summed E-state index contributed by atoms with van der Waals surface area (Å²) in [5, 5.41) is 0. The van der Waals surface area contributed by atoms with Crippen LogP contribution in [-0.2, 0) is 10.0 Å². The highest BCUT2D eigenvalue weighted by atomic mass is 32.2. The fraction of sp³-hybridized carbons (Fsp3) is 0.579. The maximum absolute atomic E-state index is 12.2. The molecule has 4 heteroatoms.